The third-order valence-electron chi connectivity index (χ3n) is 2.62. The summed E-state index contributed by atoms with van der Waals surface area (Å²) < 4.78 is 0. The van der Waals surface area contributed by atoms with E-state index >= 15 is 0 Å². The number of halogens is 1. The van der Waals surface area contributed by atoms with Crippen LogP contribution < -0.4 is 0 Å². The zero-order valence-electron chi connectivity index (χ0n) is 10.3. The fraction of sp³-hybridized carbons (Fsp3) is 0.0667. The first kappa shape index (κ1) is 13.7. The maximum Gasteiger partial charge on any atom is 0.101 e. The van der Waals surface area contributed by atoms with Gasteiger partial charge in [0, 0.05) is 22.9 Å². The second kappa shape index (κ2) is 6.42. The molecule has 0 aliphatic heterocycles. The molecule has 0 bridgehead atoms. The minimum atomic E-state index is 0.437. The van der Waals surface area contributed by atoms with Gasteiger partial charge in [-0.25, -0.2) is 0 Å². The molecule has 1 heterocycles. The normalized spacial score (nSPS) is 11.6. The van der Waals surface area contributed by atoms with Gasteiger partial charge in [0.1, 0.15) is 6.07 Å². The van der Waals surface area contributed by atoms with Crippen LogP contribution in [0.15, 0.2) is 53.7 Å². The Morgan fingerprint density at radius 1 is 1.21 bits per heavy atom. The van der Waals surface area contributed by atoms with Crippen molar-refractivity contribution in [2.24, 2.45) is 0 Å². The number of aromatic nitrogens is 1. The molecule has 0 spiro atoms. The maximum absolute atomic E-state index is 9.29. The molecule has 2 aromatic rings. The zero-order valence-corrected chi connectivity index (χ0v) is 11.9. The van der Waals surface area contributed by atoms with Crippen LogP contribution in [0.4, 0.5) is 0 Å². The Morgan fingerprint density at radius 2 is 1.95 bits per heavy atom. The van der Waals surface area contributed by atoms with Gasteiger partial charge in [-0.1, -0.05) is 29.8 Å². The van der Waals surface area contributed by atoms with Crippen LogP contribution in [-0.4, -0.2) is 11.2 Å². The van der Waals surface area contributed by atoms with Crippen LogP contribution in [0.3, 0.4) is 0 Å². The second-order valence-electron chi connectivity index (χ2n) is 3.77. The Labute approximate surface area is 121 Å². The molecule has 0 amide bonds. The first-order valence-corrected chi connectivity index (χ1v) is 7.21. The van der Waals surface area contributed by atoms with E-state index in [-0.39, 0.29) is 0 Å². The summed E-state index contributed by atoms with van der Waals surface area (Å²) in [6, 6.07) is 13.6. The number of allylic oxidation sites excluding steroid dienone is 1. The lowest BCUT2D eigenvalue weighted by molar-refractivity contribution is 1.31. The highest BCUT2D eigenvalue weighted by Crippen LogP contribution is 2.29. The fourth-order valence-corrected chi connectivity index (χ4v) is 2.32. The molecule has 0 radical (unpaired) electrons. The van der Waals surface area contributed by atoms with E-state index in [0.29, 0.717) is 10.6 Å². The highest BCUT2D eigenvalue weighted by atomic mass is 35.5. The molecule has 0 aliphatic carbocycles. The van der Waals surface area contributed by atoms with Crippen LogP contribution in [0.2, 0.25) is 0 Å². The Kier molecular flexibility index (Phi) is 4.62. The van der Waals surface area contributed by atoms with E-state index in [4.69, 9.17) is 11.6 Å². The molecule has 0 atom stereocenters. The van der Waals surface area contributed by atoms with Gasteiger partial charge >= 0.3 is 0 Å². The molecule has 0 aliphatic rings. The number of hydrogen-bond donors (Lipinski definition) is 0. The maximum atomic E-state index is 9.29. The van der Waals surface area contributed by atoms with Crippen LogP contribution in [0.25, 0.3) is 10.6 Å². The van der Waals surface area contributed by atoms with Crippen LogP contribution in [-0.2, 0) is 0 Å². The Morgan fingerprint density at radius 3 is 2.47 bits per heavy atom. The van der Waals surface area contributed by atoms with Crippen LogP contribution in [0, 0.1) is 11.3 Å². The van der Waals surface area contributed by atoms with Crippen LogP contribution in [0.5, 0.6) is 0 Å². The van der Waals surface area contributed by atoms with Gasteiger partial charge < -0.3 is 0 Å². The van der Waals surface area contributed by atoms with E-state index < -0.39 is 0 Å². The van der Waals surface area contributed by atoms with Crippen molar-refractivity contribution in [2.75, 3.05) is 6.26 Å². The topological polar surface area (TPSA) is 36.7 Å². The lowest BCUT2D eigenvalue weighted by atomic mass is 10.1. The van der Waals surface area contributed by atoms with Gasteiger partial charge in [0.2, 0.25) is 0 Å². The van der Waals surface area contributed by atoms with Crippen molar-refractivity contribution in [3.05, 3.63) is 59.9 Å². The minimum Gasteiger partial charge on any atom is -0.264 e. The summed E-state index contributed by atoms with van der Waals surface area (Å²) in [5.41, 5.74) is 2.00. The molecule has 2 nitrogen and oxygen atoms in total. The minimum absolute atomic E-state index is 0.437. The predicted molar refractivity (Wildman–Crippen MR) is 80.7 cm³/mol. The first-order chi connectivity index (χ1) is 9.26. The number of rotatable bonds is 3. The van der Waals surface area contributed by atoms with E-state index in [0.717, 1.165) is 16.0 Å². The molecule has 1 aromatic carbocycles. The SMILES string of the molecule is CSc1ccc(/C(Cl)=C(/C#N)c2cccnc2)cc1. The molecule has 2 rings (SSSR count). The highest BCUT2D eigenvalue weighted by molar-refractivity contribution is 7.98. The summed E-state index contributed by atoms with van der Waals surface area (Å²) >= 11 is 7.99. The quantitative estimate of drug-likeness (QED) is 0.618. The second-order valence-corrected chi connectivity index (χ2v) is 5.03. The van der Waals surface area contributed by atoms with E-state index in [9.17, 15) is 5.26 Å². The first-order valence-electron chi connectivity index (χ1n) is 5.61. The van der Waals surface area contributed by atoms with Gasteiger partial charge in [-0.2, -0.15) is 5.26 Å². The molecule has 19 heavy (non-hydrogen) atoms. The van der Waals surface area contributed by atoms with Gasteiger partial charge in [-0.3, -0.25) is 4.98 Å². The van der Waals surface area contributed by atoms with Crippen molar-refractivity contribution < 1.29 is 0 Å². The van der Waals surface area contributed by atoms with Crippen molar-refractivity contribution in [2.45, 2.75) is 4.90 Å². The number of nitrogens with zero attached hydrogens (tertiary/aromatic N) is 2. The van der Waals surface area contributed by atoms with Gasteiger partial charge in [0.05, 0.1) is 10.6 Å². The molecule has 0 N–H and O–H groups in total. The number of benzene rings is 1. The molecular weight excluding hydrogens is 276 g/mol. The van der Waals surface area contributed by atoms with Crippen molar-refractivity contribution in [3.63, 3.8) is 0 Å². The van der Waals surface area contributed by atoms with Crippen molar-refractivity contribution in [1.29, 1.82) is 5.26 Å². The Balaban J connectivity index is 2.46. The average molecular weight is 287 g/mol. The third kappa shape index (κ3) is 3.17. The summed E-state index contributed by atoms with van der Waals surface area (Å²) in [5.74, 6) is 0. The fourth-order valence-electron chi connectivity index (χ4n) is 1.63. The average Bonchev–Trinajstić information content (AvgIpc) is 2.49. The van der Waals surface area contributed by atoms with Crippen molar-refractivity contribution in [3.8, 4) is 6.07 Å². The lowest BCUT2D eigenvalue weighted by Gasteiger charge is -2.05. The molecule has 0 saturated carbocycles. The van der Waals surface area contributed by atoms with Gasteiger partial charge in [-0.05, 0) is 30.0 Å². The van der Waals surface area contributed by atoms with Crippen molar-refractivity contribution in [1.82, 2.24) is 4.98 Å². The predicted octanol–water partition coefficient (Wildman–Crippen LogP) is 4.43. The number of thioether (sulfide) groups is 1. The third-order valence-corrected chi connectivity index (χ3v) is 3.78. The largest absolute Gasteiger partial charge is 0.264 e. The monoisotopic (exact) mass is 286 g/mol. The molecular formula is C15H11ClN2S. The summed E-state index contributed by atoms with van der Waals surface area (Å²) in [6.45, 7) is 0. The van der Waals surface area contributed by atoms with E-state index in [1.54, 1.807) is 30.2 Å². The summed E-state index contributed by atoms with van der Waals surface area (Å²) in [7, 11) is 0. The molecule has 0 unspecified atom stereocenters. The standard InChI is InChI=1S/C15H11ClN2S/c1-19-13-6-4-11(5-7-13)15(16)14(9-17)12-3-2-8-18-10-12/h2-8,10H,1H3/b15-14+. The number of pyridine rings is 1. The lowest BCUT2D eigenvalue weighted by Crippen LogP contribution is -1.87. The zero-order chi connectivity index (χ0) is 13.7. The van der Waals surface area contributed by atoms with Crippen LogP contribution in [0.1, 0.15) is 11.1 Å². The van der Waals surface area contributed by atoms with E-state index in [2.05, 4.69) is 11.1 Å². The molecule has 0 fully saturated rings. The molecule has 4 heteroatoms. The van der Waals surface area contributed by atoms with E-state index in [1.807, 2.05) is 36.6 Å². The van der Waals surface area contributed by atoms with E-state index in [1.165, 1.54) is 0 Å². The van der Waals surface area contributed by atoms with Gasteiger partial charge in [-0.15, -0.1) is 11.8 Å². The summed E-state index contributed by atoms with van der Waals surface area (Å²) in [5, 5.41) is 9.74. The molecule has 1 aromatic heterocycles. The summed E-state index contributed by atoms with van der Waals surface area (Å²) in [4.78, 5) is 5.17. The van der Waals surface area contributed by atoms with Crippen LogP contribution >= 0.6 is 23.4 Å². The van der Waals surface area contributed by atoms with Gasteiger partial charge in [0.15, 0.2) is 0 Å². The summed E-state index contributed by atoms with van der Waals surface area (Å²) in [6.07, 6.45) is 5.32. The molecule has 94 valence electrons. The Bertz CT molecular complexity index is 627. The number of nitriles is 1. The van der Waals surface area contributed by atoms with Crippen molar-refractivity contribution >= 4 is 34.0 Å². The Hall–Kier alpha value is -1.76. The smallest absolute Gasteiger partial charge is 0.101 e. The highest BCUT2D eigenvalue weighted by Gasteiger charge is 2.09. The molecule has 0 saturated heterocycles. The number of hydrogen-bond acceptors (Lipinski definition) is 3. The van der Waals surface area contributed by atoms with Gasteiger partial charge in [0.25, 0.3) is 0 Å².